The zero-order chi connectivity index (χ0) is 15.1. The summed E-state index contributed by atoms with van der Waals surface area (Å²) >= 11 is 3.47. The molecule has 2 rings (SSSR count). The zero-order valence-electron chi connectivity index (χ0n) is 12.1. The van der Waals surface area contributed by atoms with Crippen molar-refractivity contribution in [2.75, 3.05) is 19.8 Å². The standard InChI is InChI=1S/C17H20BrNO2/c1-13-12-16(6-7-17(13)18)21-11-10-20-15-4-2-14(3-5-15)8-9-19/h2-7,12H,8-11,19H2,1H3. The lowest BCUT2D eigenvalue weighted by Gasteiger charge is -2.10. The first kappa shape index (κ1) is 15.9. The van der Waals surface area contributed by atoms with Gasteiger partial charge in [0.1, 0.15) is 24.7 Å². The quantitative estimate of drug-likeness (QED) is 0.774. The van der Waals surface area contributed by atoms with Crippen molar-refractivity contribution >= 4 is 15.9 Å². The van der Waals surface area contributed by atoms with Gasteiger partial charge in [-0.3, -0.25) is 0 Å². The summed E-state index contributed by atoms with van der Waals surface area (Å²) in [6.07, 6.45) is 0.895. The molecular formula is C17H20BrNO2. The Morgan fingerprint density at radius 3 is 2.19 bits per heavy atom. The number of hydrogen-bond donors (Lipinski definition) is 1. The van der Waals surface area contributed by atoms with E-state index in [4.69, 9.17) is 15.2 Å². The van der Waals surface area contributed by atoms with E-state index in [1.165, 1.54) is 5.56 Å². The third-order valence-corrected chi connectivity index (χ3v) is 4.00. The molecule has 3 nitrogen and oxygen atoms in total. The summed E-state index contributed by atoms with van der Waals surface area (Å²) in [5.74, 6) is 1.71. The van der Waals surface area contributed by atoms with Gasteiger partial charge in [0.25, 0.3) is 0 Å². The van der Waals surface area contributed by atoms with Gasteiger partial charge in [-0.2, -0.15) is 0 Å². The molecule has 0 radical (unpaired) electrons. The second-order valence-corrected chi connectivity index (χ2v) is 5.64. The maximum absolute atomic E-state index is 5.66. The van der Waals surface area contributed by atoms with Gasteiger partial charge in [0.2, 0.25) is 0 Å². The first-order valence-corrected chi connectivity index (χ1v) is 7.79. The number of ether oxygens (including phenoxy) is 2. The minimum atomic E-state index is 0.519. The van der Waals surface area contributed by atoms with Crippen molar-refractivity contribution in [3.05, 3.63) is 58.1 Å². The molecule has 0 fully saturated rings. The number of rotatable bonds is 7. The van der Waals surface area contributed by atoms with E-state index in [-0.39, 0.29) is 0 Å². The van der Waals surface area contributed by atoms with Crippen LogP contribution in [0.15, 0.2) is 46.9 Å². The van der Waals surface area contributed by atoms with Gasteiger partial charge in [0.05, 0.1) is 0 Å². The lowest BCUT2D eigenvalue weighted by Crippen LogP contribution is -2.09. The van der Waals surface area contributed by atoms with Crippen LogP contribution in [-0.2, 0) is 6.42 Å². The van der Waals surface area contributed by atoms with Crippen LogP contribution in [0.2, 0.25) is 0 Å². The van der Waals surface area contributed by atoms with Crippen molar-refractivity contribution < 1.29 is 9.47 Å². The van der Waals surface area contributed by atoms with Crippen LogP contribution in [0, 0.1) is 6.92 Å². The summed E-state index contributed by atoms with van der Waals surface area (Å²) in [6.45, 7) is 3.74. The fraction of sp³-hybridized carbons (Fsp3) is 0.294. The van der Waals surface area contributed by atoms with Gasteiger partial charge in [0.15, 0.2) is 0 Å². The van der Waals surface area contributed by atoms with Gasteiger partial charge < -0.3 is 15.2 Å². The van der Waals surface area contributed by atoms with Crippen LogP contribution in [0.25, 0.3) is 0 Å². The van der Waals surface area contributed by atoms with Gasteiger partial charge >= 0.3 is 0 Å². The Hall–Kier alpha value is -1.52. The summed E-state index contributed by atoms with van der Waals surface area (Å²) in [4.78, 5) is 0. The molecule has 21 heavy (non-hydrogen) atoms. The number of benzene rings is 2. The van der Waals surface area contributed by atoms with E-state index < -0.39 is 0 Å². The third-order valence-electron chi connectivity index (χ3n) is 3.11. The van der Waals surface area contributed by atoms with Crippen molar-refractivity contribution in [1.82, 2.24) is 0 Å². The molecule has 0 saturated heterocycles. The van der Waals surface area contributed by atoms with Crippen LogP contribution in [0.5, 0.6) is 11.5 Å². The molecule has 0 amide bonds. The van der Waals surface area contributed by atoms with E-state index in [0.717, 1.165) is 28.0 Å². The van der Waals surface area contributed by atoms with Gasteiger partial charge in [-0.25, -0.2) is 0 Å². The predicted octanol–water partition coefficient (Wildman–Crippen LogP) is 3.72. The number of aryl methyl sites for hydroxylation is 1. The Kier molecular flexibility index (Phi) is 6.08. The van der Waals surface area contributed by atoms with E-state index >= 15 is 0 Å². The third kappa shape index (κ3) is 5.06. The van der Waals surface area contributed by atoms with Gasteiger partial charge in [-0.05, 0) is 61.3 Å². The Bertz CT molecular complexity index is 570. The van der Waals surface area contributed by atoms with Crippen LogP contribution in [-0.4, -0.2) is 19.8 Å². The monoisotopic (exact) mass is 349 g/mol. The first-order valence-electron chi connectivity index (χ1n) is 7.00. The smallest absolute Gasteiger partial charge is 0.122 e. The average molecular weight is 350 g/mol. The topological polar surface area (TPSA) is 44.5 Å². The largest absolute Gasteiger partial charge is 0.490 e. The second kappa shape index (κ2) is 8.05. The van der Waals surface area contributed by atoms with E-state index in [1.807, 2.05) is 49.4 Å². The van der Waals surface area contributed by atoms with Crippen LogP contribution < -0.4 is 15.2 Å². The Morgan fingerprint density at radius 1 is 0.952 bits per heavy atom. The van der Waals surface area contributed by atoms with E-state index in [1.54, 1.807) is 0 Å². The molecule has 0 aliphatic carbocycles. The van der Waals surface area contributed by atoms with E-state index in [0.29, 0.717) is 19.8 Å². The Labute approximate surface area is 134 Å². The highest BCUT2D eigenvalue weighted by molar-refractivity contribution is 9.10. The lowest BCUT2D eigenvalue weighted by molar-refractivity contribution is 0.217. The van der Waals surface area contributed by atoms with Gasteiger partial charge in [-0.1, -0.05) is 28.1 Å². The Balaban J connectivity index is 1.75. The number of nitrogens with two attached hydrogens (primary N) is 1. The molecule has 0 aliphatic heterocycles. The normalized spacial score (nSPS) is 10.4. The molecule has 0 heterocycles. The highest BCUT2D eigenvalue weighted by Gasteiger charge is 1.99. The summed E-state index contributed by atoms with van der Waals surface area (Å²) in [5, 5.41) is 0. The second-order valence-electron chi connectivity index (χ2n) is 4.79. The molecule has 2 N–H and O–H groups in total. The molecule has 4 heteroatoms. The summed E-state index contributed by atoms with van der Waals surface area (Å²) in [6, 6.07) is 14.0. The van der Waals surface area contributed by atoms with Crippen LogP contribution in [0.3, 0.4) is 0 Å². The molecular weight excluding hydrogens is 330 g/mol. The molecule has 112 valence electrons. The highest BCUT2D eigenvalue weighted by atomic mass is 79.9. The molecule has 0 bridgehead atoms. The molecule has 0 aromatic heterocycles. The van der Waals surface area contributed by atoms with Crippen molar-refractivity contribution in [2.45, 2.75) is 13.3 Å². The van der Waals surface area contributed by atoms with Crippen LogP contribution in [0.4, 0.5) is 0 Å². The maximum Gasteiger partial charge on any atom is 0.122 e. The molecule has 0 atom stereocenters. The average Bonchev–Trinajstić information content (AvgIpc) is 2.49. The first-order chi connectivity index (χ1) is 10.2. The summed E-state index contributed by atoms with van der Waals surface area (Å²) in [5.41, 5.74) is 7.91. The zero-order valence-corrected chi connectivity index (χ0v) is 13.7. The van der Waals surface area contributed by atoms with Crippen LogP contribution >= 0.6 is 15.9 Å². The fourth-order valence-electron chi connectivity index (χ4n) is 1.95. The predicted molar refractivity (Wildman–Crippen MR) is 89.1 cm³/mol. The van der Waals surface area contributed by atoms with Crippen molar-refractivity contribution in [3.63, 3.8) is 0 Å². The van der Waals surface area contributed by atoms with E-state index in [2.05, 4.69) is 15.9 Å². The van der Waals surface area contributed by atoms with Gasteiger partial charge in [-0.15, -0.1) is 0 Å². The number of halogens is 1. The molecule has 0 aliphatic rings. The summed E-state index contributed by atoms with van der Waals surface area (Å²) in [7, 11) is 0. The van der Waals surface area contributed by atoms with Crippen LogP contribution in [0.1, 0.15) is 11.1 Å². The summed E-state index contributed by atoms with van der Waals surface area (Å²) < 4.78 is 12.4. The maximum atomic E-state index is 5.66. The fourth-order valence-corrected chi connectivity index (χ4v) is 2.19. The minimum Gasteiger partial charge on any atom is -0.490 e. The van der Waals surface area contributed by atoms with Crippen molar-refractivity contribution in [3.8, 4) is 11.5 Å². The number of hydrogen-bond acceptors (Lipinski definition) is 3. The minimum absolute atomic E-state index is 0.519. The molecule has 0 saturated carbocycles. The Morgan fingerprint density at radius 2 is 1.57 bits per heavy atom. The molecule has 2 aromatic carbocycles. The van der Waals surface area contributed by atoms with Crippen molar-refractivity contribution in [2.24, 2.45) is 5.73 Å². The SMILES string of the molecule is Cc1cc(OCCOc2ccc(CCN)cc2)ccc1Br. The van der Waals surface area contributed by atoms with Gasteiger partial charge in [0, 0.05) is 4.47 Å². The molecule has 2 aromatic rings. The molecule has 0 unspecified atom stereocenters. The van der Waals surface area contributed by atoms with E-state index in [9.17, 15) is 0 Å². The molecule has 0 spiro atoms. The lowest BCUT2D eigenvalue weighted by atomic mass is 10.1. The van der Waals surface area contributed by atoms with Crippen molar-refractivity contribution in [1.29, 1.82) is 0 Å². The highest BCUT2D eigenvalue weighted by Crippen LogP contribution is 2.21.